The van der Waals surface area contributed by atoms with Crippen LogP contribution < -0.4 is 10.6 Å². The van der Waals surface area contributed by atoms with Gasteiger partial charge in [-0.25, -0.2) is 4.98 Å². The summed E-state index contributed by atoms with van der Waals surface area (Å²) < 4.78 is 0. The molecule has 106 valence electrons. The van der Waals surface area contributed by atoms with Gasteiger partial charge in [0, 0.05) is 23.5 Å². The number of nitrogens with one attached hydrogen (secondary N) is 2. The fourth-order valence-electron chi connectivity index (χ4n) is 2.42. The van der Waals surface area contributed by atoms with Crippen molar-refractivity contribution in [1.29, 1.82) is 0 Å². The molecule has 0 spiro atoms. The molecule has 1 aromatic rings. The number of piperidine rings is 1. The molecular weight excluding hydrogens is 258 g/mol. The molecule has 0 aromatic carbocycles. The highest BCUT2D eigenvalue weighted by Crippen LogP contribution is 2.19. The number of hydrogen-bond donors (Lipinski definition) is 2. The Kier molecular flexibility index (Phi) is 5.34. The number of rotatable bonds is 5. The zero-order valence-corrected chi connectivity index (χ0v) is 12.6. The van der Waals surface area contributed by atoms with E-state index in [1.807, 2.05) is 20.0 Å². The predicted molar refractivity (Wildman–Crippen MR) is 78.3 cm³/mol. The van der Waals surface area contributed by atoms with E-state index in [-0.39, 0.29) is 11.9 Å². The molecule has 1 fully saturated rings. The predicted octanol–water partition coefficient (Wildman–Crippen LogP) is 2.55. The van der Waals surface area contributed by atoms with Crippen molar-refractivity contribution < 1.29 is 4.79 Å². The molecule has 19 heavy (non-hydrogen) atoms. The summed E-state index contributed by atoms with van der Waals surface area (Å²) >= 11 is 1.65. The molecule has 1 aromatic heterocycles. The third-order valence-electron chi connectivity index (χ3n) is 3.52. The normalized spacial score (nSPS) is 21.1. The smallest absolute Gasteiger partial charge is 0.220 e. The number of nitrogens with zero attached hydrogens (tertiary/aromatic N) is 1. The Labute approximate surface area is 119 Å². The van der Waals surface area contributed by atoms with Gasteiger partial charge in [-0.1, -0.05) is 6.42 Å². The molecule has 1 aliphatic rings. The summed E-state index contributed by atoms with van der Waals surface area (Å²) in [4.78, 5) is 17.4. The first kappa shape index (κ1) is 14.5. The molecule has 0 aliphatic carbocycles. The Morgan fingerprint density at radius 2 is 2.47 bits per heavy atom. The van der Waals surface area contributed by atoms with E-state index in [1.165, 1.54) is 24.1 Å². The van der Waals surface area contributed by atoms with Crippen LogP contribution in [0.25, 0.3) is 0 Å². The Hall–Kier alpha value is -0.940. The first-order valence-electron chi connectivity index (χ1n) is 7.10. The first-order chi connectivity index (χ1) is 9.15. The second kappa shape index (κ2) is 7.01. The van der Waals surface area contributed by atoms with Crippen molar-refractivity contribution in [2.75, 3.05) is 6.54 Å². The fourth-order valence-corrected chi connectivity index (χ4v) is 3.20. The third kappa shape index (κ3) is 4.58. The Balaban J connectivity index is 1.71. The maximum Gasteiger partial charge on any atom is 0.220 e. The second-order valence-corrected chi connectivity index (χ2v) is 6.55. The summed E-state index contributed by atoms with van der Waals surface area (Å²) in [7, 11) is 0. The van der Waals surface area contributed by atoms with Gasteiger partial charge in [-0.05, 0) is 39.7 Å². The molecular formula is C14H23N3OS. The van der Waals surface area contributed by atoms with Gasteiger partial charge in [-0.15, -0.1) is 11.3 Å². The van der Waals surface area contributed by atoms with Crippen LogP contribution in [0.3, 0.4) is 0 Å². The van der Waals surface area contributed by atoms with Crippen LogP contribution >= 0.6 is 11.3 Å². The van der Waals surface area contributed by atoms with E-state index in [2.05, 4.69) is 15.6 Å². The number of thiazole rings is 1. The van der Waals surface area contributed by atoms with Gasteiger partial charge in [0.25, 0.3) is 0 Å². The van der Waals surface area contributed by atoms with Gasteiger partial charge >= 0.3 is 0 Å². The van der Waals surface area contributed by atoms with Crippen LogP contribution in [0.15, 0.2) is 6.20 Å². The van der Waals surface area contributed by atoms with Gasteiger partial charge in [-0.2, -0.15) is 0 Å². The van der Waals surface area contributed by atoms with Crippen molar-refractivity contribution >= 4 is 17.2 Å². The monoisotopic (exact) mass is 281 g/mol. The molecule has 2 N–H and O–H groups in total. The van der Waals surface area contributed by atoms with Crippen LogP contribution in [-0.4, -0.2) is 23.5 Å². The number of carbonyl (C=O) groups is 1. The number of amides is 1. The van der Waals surface area contributed by atoms with Crippen LogP contribution in [0.1, 0.15) is 55.0 Å². The summed E-state index contributed by atoms with van der Waals surface area (Å²) in [5, 5.41) is 7.49. The van der Waals surface area contributed by atoms with E-state index < -0.39 is 0 Å². The van der Waals surface area contributed by atoms with E-state index in [0.717, 1.165) is 18.0 Å². The second-order valence-electron chi connectivity index (χ2n) is 5.28. The largest absolute Gasteiger partial charge is 0.347 e. The fraction of sp³-hybridized carbons (Fsp3) is 0.714. The Bertz CT molecular complexity index is 413. The quantitative estimate of drug-likeness (QED) is 0.872. The van der Waals surface area contributed by atoms with Crippen molar-refractivity contribution in [2.45, 2.75) is 58.0 Å². The molecule has 1 saturated heterocycles. The Morgan fingerprint density at radius 1 is 1.63 bits per heavy atom. The minimum atomic E-state index is 0.0190. The molecule has 2 unspecified atom stereocenters. The van der Waals surface area contributed by atoms with Gasteiger partial charge in [0.15, 0.2) is 0 Å². The van der Waals surface area contributed by atoms with Crippen LogP contribution in [0.5, 0.6) is 0 Å². The number of hydrogen-bond acceptors (Lipinski definition) is 4. The topological polar surface area (TPSA) is 54.0 Å². The van der Waals surface area contributed by atoms with Crippen molar-refractivity contribution in [3.8, 4) is 0 Å². The lowest BCUT2D eigenvalue weighted by atomic mass is 10.0. The minimum absolute atomic E-state index is 0.0190. The minimum Gasteiger partial charge on any atom is -0.347 e. The molecule has 0 bridgehead atoms. The maximum atomic E-state index is 11.9. The summed E-state index contributed by atoms with van der Waals surface area (Å²) in [6.07, 6.45) is 7.15. The summed E-state index contributed by atoms with van der Waals surface area (Å²) in [5.74, 6) is 0.132. The highest BCUT2D eigenvalue weighted by Gasteiger charge is 2.16. The molecule has 0 saturated carbocycles. The average Bonchev–Trinajstić information content (AvgIpc) is 2.84. The molecule has 1 aliphatic heterocycles. The summed E-state index contributed by atoms with van der Waals surface area (Å²) in [6.45, 7) is 5.13. The van der Waals surface area contributed by atoms with Gasteiger partial charge in [0.2, 0.25) is 5.91 Å². The molecule has 1 amide bonds. The SMILES string of the molecule is Cc1cnc(C(C)NC(=O)CCC2CCCCN2)s1. The van der Waals surface area contributed by atoms with Crippen molar-refractivity contribution in [3.63, 3.8) is 0 Å². The van der Waals surface area contributed by atoms with E-state index in [0.29, 0.717) is 12.5 Å². The lowest BCUT2D eigenvalue weighted by molar-refractivity contribution is -0.122. The average molecular weight is 281 g/mol. The van der Waals surface area contributed by atoms with Gasteiger partial charge < -0.3 is 10.6 Å². The third-order valence-corrected chi connectivity index (χ3v) is 4.61. The molecule has 0 radical (unpaired) electrons. The Morgan fingerprint density at radius 3 is 3.11 bits per heavy atom. The highest BCUT2D eigenvalue weighted by molar-refractivity contribution is 7.11. The molecule has 4 nitrogen and oxygen atoms in total. The van der Waals surface area contributed by atoms with E-state index in [4.69, 9.17) is 0 Å². The summed E-state index contributed by atoms with van der Waals surface area (Å²) in [5.41, 5.74) is 0. The molecule has 2 rings (SSSR count). The summed E-state index contributed by atoms with van der Waals surface area (Å²) in [6, 6.07) is 0.544. The van der Waals surface area contributed by atoms with Crippen molar-refractivity contribution in [3.05, 3.63) is 16.1 Å². The lowest BCUT2D eigenvalue weighted by Gasteiger charge is -2.23. The van der Waals surface area contributed by atoms with Crippen LogP contribution in [0, 0.1) is 6.92 Å². The van der Waals surface area contributed by atoms with E-state index >= 15 is 0 Å². The number of aromatic nitrogens is 1. The number of carbonyl (C=O) groups excluding carboxylic acids is 1. The zero-order valence-electron chi connectivity index (χ0n) is 11.7. The zero-order chi connectivity index (χ0) is 13.7. The van der Waals surface area contributed by atoms with E-state index in [9.17, 15) is 4.79 Å². The van der Waals surface area contributed by atoms with Gasteiger partial charge in [0.1, 0.15) is 5.01 Å². The van der Waals surface area contributed by atoms with E-state index in [1.54, 1.807) is 11.3 Å². The van der Waals surface area contributed by atoms with Gasteiger partial charge in [0.05, 0.1) is 6.04 Å². The maximum absolute atomic E-state index is 11.9. The van der Waals surface area contributed by atoms with Crippen LogP contribution in [0.4, 0.5) is 0 Å². The highest BCUT2D eigenvalue weighted by atomic mass is 32.1. The standard InChI is InChI=1S/C14H23N3OS/c1-10-9-16-14(19-10)11(2)17-13(18)7-6-12-5-3-4-8-15-12/h9,11-12,15H,3-8H2,1-2H3,(H,17,18). The van der Waals surface area contributed by atoms with Crippen molar-refractivity contribution in [1.82, 2.24) is 15.6 Å². The van der Waals surface area contributed by atoms with Crippen LogP contribution in [0.2, 0.25) is 0 Å². The first-order valence-corrected chi connectivity index (χ1v) is 7.92. The lowest BCUT2D eigenvalue weighted by Crippen LogP contribution is -2.35. The molecule has 2 heterocycles. The molecule has 5 heteroatoms. The molecule has 2 atom stereocenters. The number of aryl methyl sites for hydroxylation is 1. The van der Waals surface area contributed by atoms with Crippen molar-refractivity contribution in [2.24, 2.45) is 0 Å². The van der Waals surface area contributed by atoms with Crippen LogP contribution in [-0.2, 0) is 4.79 Å². The van der Waals surface area contributed by atoms with Gasteiger partial charge in [-0.3, -0.25) is 4.79 Å².